The minimum absolute atomic E-state index is 0.0155. The molecule has 1 aromatic heterocycles. The summed E-state index contributed by atoms with van der Waals surface area (Å²) in [4.78, 5) is 28.1. The quantitative estimate of drug-likeness (QED) is 0.728. The normalized spacial score (nSPS) is 10.8. The van der Waals surface area contributed by atoms with E-state index in [2.05, 4.69) is 12.1 Å². The van der Waals surface area contributed by atoms with Crippen LogP contribution in [0.25, 0.3) is 0 Å². The molecule has 26 heavy (non-hydrogen) atoms. The smallest absolute Gasteiger partial charge is 0.242 e. The predicted octanol–water partition coefficient (Wildman–Crippen LogP) is 3.42. The number of furan rings is 1. The maximum atomic E-state index is 12.9. The van der Waals surface area contributed by atoms with Crippen molar-refractivity contribution in [2.75, 3.05) is 13.1 Å². The van der Waals surface area contributed by atoms with Gasteiger partial charge in [0, 0.05) is 19.5 Å². The van der Waals surface area contributed by atoms with Crippen LogP contribution < -0.4 is 0 Å². The first-order valence-electron chi connectivity index (χ1n) is 9.01. The fourth-order valence-corrected chi connectivity index (χ4v) is 2.86. The molecule has 0 unspecified atom stereocenters. The molecule has 0 fully saturated rings. The molecule has 0 aliphatic heterocycles. The molecule has 0 aliphatic carbocycles. The molecule has 140 valence electrons. The fourth-order valence-electron chi connectivity index (χ4n) is 2.86. The lowest BCUT2D eigenvalue weighted by atomic mass is 10.1. The third-order valence-electron chi connectivity index (χ3n) is 4.34. The second-order valence-electron chi connectivity index (χ2n) is 6.80. The zero-order valence-corrected chi connectivity index (χ0v) is 16.1. The fraction of sp³-hybridized carbons (Fsp3) is 0.429. The van der Waals surface area contributed by atoms with E-state index in [0.717, 1.165) is 17.9 Å². The minimum atomic E-state index is -0.0924. The largest absolute Gasteiger partial charge is 0.464 e. The van der Waals surface area contributed by atoms with Crippen molar-refractivity contribution < 1.29 is 14.0 Å². The van der Waals surface area contributed by atoms with Gasteiger partial charge in [0.2, 0.25) is 11.8 Å². The van der Waals surface area contributed by atoms with E-state index in [1.165, 1.54) is 12.5 Å². The Labute approximate surface area is 155 Å². The number of aryl methyl sites for hydroxylation is 1. The lowest BCUT2D eigenvalue weighted by molar-refractivity contribution is -0.141. The van der Waals surface area contributed by atoms with Gasteiger partial charge in [-0.2, -0.15) is 0 Å². The Hall–Kier alpha value is -2.56. The summed E-state index contributed by atoms with van der Waals surface area (Å²) in [5.74, 6) is 1.41. The Balaban J connectivity index is 2.10. The van der Waals surface area contributed by atoms with Gasteiger partial charge in [0.05, 0.1) is 13.1 Å². The van der Waals surface area contributed by atoms with Crippen LogP contribution in [0.1, 0.15) is 37.9 Å². The molecular formula is C21H28N2O3. The van der Waals surface area contributed by atoms with Crippen LogP contribution in [0.3, 0.4) is 0 Å². The van der Waals surface area contributed by atoms with Crippen LogP contribution in [0, 0.1) is 6.92 Å². The first kappa shape index (κ1) is 19.8. The average Bonchev–Trinajstić information content (AvgIpc) is 3.01. The summed E-state index contributed by atoms with van der Waals surface area (Å²) in [6, 6.07) is 13.8. The van der Waals surface area contributed by atoms with Crippen molar-refractivity contribution in [1.82, 2.24) is 9.80 Å². The number of benzene rings is 1. The van der Waals surface area contributed by atoms with Crippen molar-refractivity contribution in [3.63, 3.8) is 0 Å². The molecule has 2 aromatic rings. The highest BCUT2D eigenvalue weighted by Gasteiger charge is 2.22. The Morgan fingerprint density at radius 3 is 2.31 bits per heavy atom. The Morgan fingerprint density at radius 2 is 1.77 bits per heavy atom. The van der Waals surface area contributed by atoms with Crippen LogP contribution in [0.2, 0.25) is 0 Å². The molecule has 1 aromatic carbocycles. The monoisotopic (exact) mass is 356 g/mol. The van der Waals surface area contributed by atoms with Gasteiger partial charge >= 0.3 is 0 Å². The summed E-state index contributed by atoms with van der Waals surface area (Å²) in [6.07, 6.45) is 0.758. The molecule has 5 heteroatoms. The summed E-state index contributed by atoms with van der Waals surface area (Å²) in [6.45, 7) is 8.28. The van der Waals surface area contributed by atoms with E-state index in [9.17, 15) is 9.59 Å². The van der Waals surface area contributed by atoms with Crippen LogP contribution in [0.15, 0.2) is 46.9 Å². The lowest BCUT2D eigenvalue weighted by Gasteiger charge is -2.29. The molecule has 0 bridgehead atoms. The lowest BCUT2D eigenvalue weighted by Crippen LogP contribution is -2.45. The van der Waals surface area contributed by atoms with Crippen LogP contribution in [-0.4, -0.2) is 40.7 Å². The predicted molar refractivity (Wildman–Crippen MR) is 102 cm³/mol. The van der Waals surface area contributed by atoms with Gasteiger partial charge in [0.25, 0.3) is 0 Å². The first-order chi connectivity index (χ1) is 12.4. The van der Waals surface area contributed by atoms with Gasteiger partial charge < -0.3 is 14.2 Å². The van der Waals surface area contributed by atoms with Gasteiger partial charge in [-0.05, 0) is 44.9 Å². The molecule has 0 saturated carbocycles. The number of hydrogen-bond acceptors (Lipinski definition) is 3. The summed E-state index contributed by atoms with van der Waals surface area (Å²) in [5, 5.41) is 0. The molecule has 0 atom stereocenters. The molecular weight excluding hydrogens is 328 g/mol. The summed E-state index contributed by atoms with van der Waals surface area (Å²) in [5.41, 5.74) is 1.17. The van der Waals surface area contributed by atoms with Gasteiger partial charge in [-0.1, -0.05) is 30.3 Å². The SMILES string of the molecule is CC(=O)N(CC(=O)N(CCc1ccccc1)Cc1ccc(C)o1)C(C)C. The molecule has 0 aliphatic rings. The van der Waals surface area contributed by atoms with Crippen LogP contribution in [-0.2, 0) is 22.6 Å². The van der Waals surface area contributed by atoms with Gasteiger partial charge in [-0.25, -0.2) is 0 Å². The molecule has 0 spiro atoms. The topological polar surface area (TPSA) is 53.8 Å². The van der Waals surface area contributed by atoms with Gasteiger partial charge in [-0.15, -0.1) is 0 Å². The van der Waals surface area contributed by atoms with Crippen molar-refractivity contribution in [3.05, 3.63) is 59.5 Å². The molecule has 2 rings (SSSR count). The van der Waals surface area contributed by atoms with E-state index in [0.29, 0.717) is 13.1 Å². The van der Waals surface area contributed by atoms with Crippen molar-refractivity contribution >= 4 is 11.8 Å². The standard InChI is InChI=1S/C21H28N2O3/c1-16(2)23(18(4)24)15-21(25)22(14-20-11-10-17(3)26-20)13-12-19-8-6-5-7-9-19/h5-11,16H,12-15H2,1-4H3. The highest BCUT2D eigenvalue weighted by Crippen LogP contribution is 2.12. The molecule has 5 nitrogen and oxygen atoms in total. The maximum absolute atomic E-state index is 12.9. The number of carbonyl (C=O) groups excluding carboxylic acids is 2. The van der Waals surface area contributed by atoms with E-state index in [1.54, 1.807) is 9.80 Å². The minimum Gasteiger partial charge on any atom is -0.464 e. The van der Waals surface area contributed by atoms with Gasteiger partial charge in [0.1, 0.15) is 11.5 Å². The highest BCUT2D eigenvalue weighted by atomic mass is 16.3. The van der Waals surface area contributed by atoms with E-state index in [1.807, 2.05) is 51.1 Å². The molecule has 2 amide bonds. The third-order valence-corrected chi connectivity index (χ3v) is 4.34. The van der Waals surface area contributed by atoms with Crippen molar-refractivity contribution in [2.45, 2.75) is 46.7 Å². The summed E-state index contributed by atoms with van der Waals surface area (Å²) >= 11 is 0. The summed E-state index contributed by atoms with van der Waals surface area (Å²) < 4.78 is 5.64. The van der Waals surface area contributed by atoms with Crippen molar-refractivity contribution in [3.8, 4) is 0 Å². The molecule has 0 N–H and O–H groups in total. The molecule has 0 saturated heterocycles. The zero-order valence-electron chi connectivity index (χ0n) is 16.1. The maximum Gasteiger partial charge on any atom is 0.242 e. The number of amides is 2. The highest BCUT2D eigenvalue weighted by molar-refractivity contribution is 5.84. The average molecular weight is 356 g/mol. The Kier molecular flexibility index (Phi) is 7.01. The van der Waals surface area contributed by atoms with Gasteiger partial charge in [0.15, 0.2) is 0 Å². The Morgan fingerprint density at radius 1 is 1.08 bits per heavy atom. The number of carbonyl (C=O) groups is 2. The third kappa shape index (κ3) is 5.76. The van der Waals surface area contributed by atoms with E-state index < -0.39 is 0 Å². The Bertz CT molecular complexity index is 722. The van der Waals surface area contributed by atoms with Gasteiger partial charge in [-0.3, -0.25) is 9.59 Å². The molecule has 0 radical (unpaired) electrons. The van der Waals surface area contributed by atoms with Crippen molar-refractivity contribution in [2.24, 2.45) is 0 Å². The molecule has 1 heterocycles. The van der Waals surface area contributed by atoms with E-state index in [-0.39, 0.29) is 24.4 Å². The second-order valence-corrected chi connectivity index (χ2v) is 6.80. The van der Waals surface area contributed by atoms with E-state index >= 15 is 0 Å². The number of hydrogen-bond donors (Lipinski definition) is 0. The second kappa shape index (κ2) is 9.22. The summed E-state index contributed by atoms with van der Waals surface area (Å²) in [7, 11) is 0. The van der Waals surface area contributed by atoms with Crippen molar-refractivity contribution in [1.29, 1.82) is 0 Å². The van der Waals surface area contributed by atoms with Crippen LogP contribution >= 0.6 is 0 Å². The van der Waals surface area contributed by atoms with Crippen LogP contribution in [0.4, 0.5) is 0 Å². The first-order valence-corrected chi connectivity index (χ1v) is 9.01. The van der Waals surface area contributed by atoms with Crippen LogP contribution in [0.5, 0.6) is 0 Å². The zero-order chi connectivity index (χ0) is 19.1. The number of nitrogens with zero attached hydrogens (tertiary/aromatic N) is 2. The van der Waals surface area contributed by atoms with E-state index in [4.69, 9.17) is 4.42 Å². The number of rotatable bonds is 8.